The molecule has 2 aromatic heterocycles. The normalized spacial score (nSPS) is 17.2. The van der Waals surface area contributed by atoms with E-state index >= 15 is 0 Å². The average molecular weight is 773 g/mol. The van der Waals surface area contributed by atoms with Crippen LogP contribution in [0.4, 0.5) is 5.82 Å². The van der Waals surface area contributed by atoms with E-state index in [0.29, 0.717) is 57.3 Å². The Morgan fingerprint density at radius 3 is 1.59 bits per heavy atom. The van der Waals surface area contributed by atoms with Gasteiger partial charge in [-0.05, 0) is 49.9 Å². The van der Waals surface area contributed by atoms with Gasteiger partial charge in [-0.15, -0.1) is 0 Å². The topological polar surface area (TPSA) is 223 Å². The highest BCUT2D eigenvalue weighted by Crippen LogP contribution is 2.35. The first-order valence-electron chi connectivity index (χ1n) is 15.3. The van der Waals surface area contributed by atoms with Crippen LogP contribution in [0.15, 0.2) is 63.6 Å². The van der Waals surface area contributed by atoms with Gasteiger partial charge in [0.15, 0.2) is 11.8 Å². The van der Waals surface area contributed by atoms with Crippen LogP contribution in [0.5, 0.6) is 0 Å². The number of rotatable bonds is 9. The standard InChI is InChI=1S/C16H20ClN5O3S.C15H16Cl2N2O3S/c17-13-8-20-14(21-15(18)19)12-7-10(3-4-11(12)13)26(24,25)22-16(9-23)5-1-2-6-16;16-13-8-18-14(17)12-7-10(3-4-11(12)13)23(21,22)19-15(9-20)5-1-2-6-15/h3-4,7-8,22-23H,1-2,5-6,9H2,(H4,18,19,20,21);3-4,7-8,19-20H,1-2,5-6,9H2. The van der Waals surface area contributed by atoms with Crippen molar-refractivity contribution in [2.75, 3.05) is 13.2 Å². The molecule has 18 heteroatoms. The van der Waals surface area contributed by atoms with Gasteiger partial charge in [0.05, 0.1) is 44.1 Å². The molecule has 2 saturated carbocycles. The van der Waals surface area contributed by atoms with Gasteiger partial charge in [0.25, 0.3) is 0 Å². The van der Waals surface area contributed by atoms with Crippen LogP contribution in [0.25, 0.3) is 21.5 Å². The second kappa shape index (κ2) is 14.8. The van der Waals surface area contributed by atoms with Crippen LogP contribution < -0.4 is 20.9 Å². The Labute approximate surface area is 299 Å². The molecule has 2 aromatic carbocycles. The lowest BCUT2D eigenvalue weighted by Gasteiger charge is -2.27. The minimum Gasteiger partial charge on any atom is -0.394 e. The van der Waals surface area contributed by atoms with Gasteiger partial charge in [0.2, 0.25) is 20.0 Å². The van der Waals surface area contributed by atoms with Gasteiger partial charge < -0.3 is 21.7 Å². The number of aliphatic hydroxyl groups excluding tert-OH is 2. The summed E-state index contributed by atoms with van der Waals surface area (Å²) in [5, 5.41) is 22.4. The van der Waals surface area contributed by atoms with Gasteiger partial charge >= 0.3 is 0 Å². The zero-order valence-corrected chi connectivity index (χ0v) is 30.1. The second-order valence-electron chi connectivity index (χ2n) is 12.3. The highest BCUT2D eigenvalue weighted by molar-refractivity contribution is 7.89. The zero-order chi connectivity index (χ0) is 35.6. The number of aliphatic imine (C=N–C) groups is 1. The van der Waals surface area contributed by atoms with Gasteiger partial charge in [-0.3, -0.25) is 0 Å². The summed E-state index contributed by atoms with van der Waals surface area (Å²) in [4.78, 5) is 12.0. The Kier molecular flexibility index (Phi) is 11.3. The van der Waals surface area contributed by atoms with Crippen LogP contribution in [0.1, 0.15) is 51.4 Å². The summed E-state index contributed by atoms with van der Waals surface area (Å²) >= 11 is 18.3. The molecule has 6 rings (SSSR count). The molecule has 2 aliphatic carbocycles. The SMILES string of the molecule is NC(N)=Nc1ncc(Cl)c2ccc(S(=O)(=O)NC3(CO)CCCC3)cc12.O=S(=O)(NC1(CO)CCCC1)c1ccc2c(Cl)cnc(Cl)c2c1. The number of aromatic nitrogens is 2. The fraction of sp³-hybridized carbons (Fsp3) is 0.387. The second-order valence-corrected chi connectivity index (χ2v) is 16.8. The first kappa shape index (κ1) is 37.4. The van der Waals surface area contributed by atoms with Crippen molar-refractivity contribution >= 4 is 88.2 Å². The highest BCUT2D eigenvalue weighted by Gasteiger charge is 2.38. The van der Waals surface area contributed by atoms with Crippen LogP contribution >= 0.6 is 34.8 Å². The molecule has 0 aliphatic heterocycles. The van der Waals surface area contributed by atoms with E-state index in [1.807, 2.05) is 0 Å². The van der Waals surface area contributed by atoms with E-state index in [0.717, 1.165) is 25.7 Å². The number of nitrogens with zero attached hydrogens (tertiary/aromatic N) is 3. The molecule has 264 valence electrons. The van der Waals surface area contributed by atoms with Crippen molar-refractivity contribution in [3.05, 3.63) is 64.0 Å². The Balaban J connectivity index is 0.000000192. The molecule has 0 spiro atoms. The minimum atomic E-state index is -3.86. The fourth-order valence-corrected chi connectivity index (χ4v) is 9.84. The van der Waals surface area contributed by atoms with Gasteiger partial charge in [-0.2, -0.15) is 4.99 Å². The van der Waals surface area contributed by atoms with E-state index < -0.39 is 31.1 Å². The predicted molar refractivity (Wildman–Crippen MR) is 191 cm³/mol. The number of benzene rings is 2. The number of nitrogens with one attached hydrogen (secondary N) is 2. The first-order chi connectivity index (χ1) is 23.1. The van der Waals surface area contributed by atoms with Crippen molar-refractivity contribution < 1.29 is 27.0 Å². The molecule has 8 N–H and O–H groups in total. The quantitative estimate of drug-likeness (QED) is 0.0794. The Morgan fingerprint density at radius 2 is 1.14 bits per heavy atom. The van der Waals surface area contributed by atoms with Crippen molar-refractivity contribution in [2.45, 2.75) is 72.2 Å². The third-order valence-corrected chi connectivity index (χ3v) is 12.9. The maximum Gasteiger partial charge on any atom is 0.241 e. The van der Waals surface area contributed by atoms with Gasteiger partial charge in [0.1, 0.15) is 5.15 Å². The number of pyridine rings is 2. The molecule has 0 saturated heterocycles. The maximum absolute atomic E-state index is 12.9. The predicted octanol–water partition coefficient (Wildman–Crippen LogP) is 4.50. The smallest absolute Gasteiger partial charge is 0.241 e. The van der Waals surface area contributed by atoms with Crippen molar-refractivity contribution in [2.24, 2.45) is 16.5 Å². The summed E-state index contributed by atoms with van der Waals surface area (Å²) in [5.74, 6) is -0.0168. The van der Waals surface area contributed by atoms with Crippen molar-refractivity contribution in [3.8, 4) is 0 Å². The van der Waals surface area contributed by atoms with E-state index in [4.69, 9.17) is 46.3 Å². The molecular weight excluding hydrogens is 737 g/mol. The van der Waals surface area contributed by atoms with Crippen molar-refractivity contribution in [3.63, 3.8) is 0 Å². The number of nitrogens with two attached hydrogens (primary N) is 2. The van der Waals surface area contributed by atoms with Gasteiger partial charge in [-0.25, -0.2) is 36.2 Å². The lowest BCUT2D eigenvalue weighted by Crippen LogP contribution is -2.49. The summed E-state index contributed by atoms with van der Waals surface area (Å²) in [6, 6.07) is 9.01. The van der Waals surface area contributed by atoms with E-state index in [-0.39, 0.29) is 39.9 Å². The third-order valence-electron chi connectivity index (χ3n) is 8.84. The van der Waals surface area contributed by atoms with E-state index in [2.05, 4.69) is 24.4 Å². The monoisotopic (exact) mass is 771 g/mol. The highest BCUT2D eigenvalue weighted by atomic mass is 35.5. The first-order valence-corrected chi connectivity index (χ1v) is 19.4. The number of fused-ring (bicyclic) bond motifs is 2. The summed E-state index contributed by atoms with van der Waals surface area (Å²) in [6.07, 6.45) is 8.82. The molecule has 2 fully saturated rings. The van der Waals surface area contributed by atoms with Crippen LogP contribution in [0, 0.1) is 0 Å². The number of guanidine groups is 1. The lowest BCUT2D eigenvalue weighted by molar-refractivity contribution is 0.185. The number of hydrogen-bond acceptors (Lipinski definition) is 9. The molecular formula is C31H36Cl3N7O6S2. The van der Waals surface area contributed by atoms with Gasteiger partial charge in [-0.1, -0.05) is 72.6 Å². The number of halogens is 3. The van der Waals surface area contributed by atoms with E-state index in [1.54, 1.807) is 12.1 Å². The number of sulfonamides is 2. The molecule has 2 heterocycles. The van der Waals surface area contributed by atoms with Crippen molar-refractivity contribution in [1.29, 1.82) is 0 Å². The summed E-state index contributed by atoms with van der Waals surface area (Å²) in [5.41, 5.74) is 9.25. The number of hydrogen-bond donors (Lipinski definition) is 6. The summed E-state index contributed by atoms with van der Waals surface area (Å²) < 4.78 is 56.4. The van der Waals surface area contributed by atoms with E-state index in [9.17, 15) is 27.0 Å². The molecule has 0 unspecified atom stereocenters. The molecule has 13 nitrogen and oxygen atoms in total. The largest absolute Gasteiger partial charge is 0.394 e. The molecule has 0 radical (unpaired) electrons. The Bertz CT molecular complexity index is 2120. The van der Waals surface area contributed by atoms with Crippen LogP contribution in [-0.2, 0) is 20.0 Å². The summed E-state index contributed by atoms with van der Waals surface area (Å²) in [6.45, 7) is -0.458. The molecule has 0 atom stereocenters. The lowest BCUT2D eigenvalue weighted by atomic mass is 10.0. The van der Waals surface area contributed by atoms with Gasteiger partial charge in [0, 0.05) is 33.9 Å². The van der Waals surface area contributed by atoms with Crippen molar-refractivity contribution in [1.82, 2.24) is 19.4 Å². The summed E-state index contributed by atoms with van der Waals surface area (Å²) in [7, 11) is -7.63. The van der Waals surface area contributed by atoms with Crippen LogP contribution in [-0.4, -0.2) is 67.3 Å². The number of aliphatic hydroxyl groups is 2. The third kappa shape index (κ3) is 8.21. The van der Waals surface area contributed by atoms with E-state index in [1.165, 1.54) is 36.7 Å². The Hall–Kier alpha value is -2.86. The molecule has 49 heavy (non-hydrogen) atoms. The molecule has 4 aromatic rings. The van der Waals surface area contributed by atoms with Crippen LogP contribution in [0.2, 0.25) is 15.2 Å². The maximum atomic E-state index is 12.9. The molecule has 0 bridgehead atoms. The Morgan fingerprint density at radius 1 is 0.714 bits per heavy atom. The fourth-order valence-electron chi connectivity index (χ4n) is 6.25. The zero-order valence-electron chi connectivity index (χ0n) is 26.2. The van der Waals surface area contributed by atoms with Crippen LogP contribution in [0.3, 0.4) is 0 Å². The minimum absolute atomic E-state index is 0.0286. The molecule has 2 aliphatic rings. The average Bonchev–Trinajstić information content (AvgIpc) is 3.74. The molecule has 0 amide bonds.